The Morgan fingerprint density at radius 3 is 3.05 bits per heavy atom. The number of carbonyl (C=O) groups excluding carboxylic acids is 1. The molecule has 1 N–H and O–H groups in total. The summed E-state index contributed by atoms with van der Waals surface area (Å²) in [6.45, 7) is 4.12. The van der Waals surface area contributed by atoms with Gasteiger partial charge in [0, 0.05) is 17.9 Å². The zero-order valence-corrected chi connectivity index (χ0v) is 12.7. The molecule has 21 heavy (non-hydrogen) atoms. The summed E-state index contributed by atoms with van der Waals surface area (Å²) < 4.78 is 1.65. The van der Waals surface area contributed by atoms with Crippen LogP contribution in [0.25, 0.3) is 5.65 Å². The van der Waals surface area contributed by atoms with Crippen LogP contribution in [0.1, 0.15) is 55.1 Å². The number of hydrogen-bond acceptors (Lipinski definition) is 3. The number of nitrogens with one attached hydrogen (secondary N) is 1. The van der Waals surface area contributed by atoms with Gasteiger partial charge in [0.05, 0.1) is 6.20 Å². The Hall–Kier alpha value is -1.91. The van der Waals surface area contributed by atoms with E-state index in [0.717, 1.165) is 18.5 Å². The van der Waals surface area contributed by atoms with Gasteiger partial charge in [0.2, 0.25) is 0 Å². The molecular weight excluding hydrogens is 264 g/mol. The Labute approximate surface area is 124 Å². The highest BCUT2D eigenvalue weighted by molar-refractivity contribution is 5.99. The minimum atomic E-state index is -0.0477. The van der Waals surface area contributed by atoms with Crippen molar-refractivity contribution in [3.63, 3.8) is 0 Å². The van der Waals surface area contributed by atoms with E-state index in [0.29, 0.717) is 17.1 Å². The number of hydrogen-bond donors (Lipinski definition) is 1. The van der Waals surface area contributed by atoms with E-state index in [-0.39, 0.29) is 11.9 Å². The molecule has 2 aromatic rings. The van der Waals surface area contributed by atoms with Crippen molar-refractivity contribution in [2.45, 2.75) is 52.0 Å². The number of amides is 1. The van der Waals surface area contributed by atoms with Gasteiger partial charge < -0.3 is 5.32 Å². The van der Waals surface area contributed by atoms with Gasteiger partial charge in [0.25, 0.3) is 5.91 Å². The Morgan fingerprint density at radius 1 is 1.43 bits per heavy atom. The third kappa shape index (κ3) is 2.77. The number of rotatable bonds is 3. The molecule has 5 heteroatoms. The molecule has 2 aromatic heterocycles. The lowest BCUT2D eigenvalue weighted by molar-refractivity contribution is 0.0906. The van der Waals surface area contributed by atoms with Crippen molar-refractivity contribution in [1.29, 1.82) is 0 Å². The van der Waals surface area contributed by atoms with Gasteiger partial charge in [0.15, 0.2) is 5.65 Å². The topological polar surface area (TPSA) is 59.3 Å². The Balaban J connectivity index is 1.82. The lowest BCUT2D eigenvalue weighted by Gasteiger charge is -2.31. The maximum Gasteiger partial charge on any atom is 0.256 e. The highest BCUT2D eigenvalue weighted by Gasteiger charge is 2.26. The van der Waals surface area contributed by atoms with E-state index in [4.69, 9.17) is 0 Å². The summed E-state index contributed by atoms with van der Waals surface area (Å²) in [6.07, 6.45) is 9.35. The fourth-order valence-corrected chi connectivity index (χ4v) is 3.25. The minimum absolute atomic E-state index is 0.0477. The lowest BCUT2D eigenvalue weighted by Crippen LogP contribution is -2.41. The number of nitrogens with zero attached hydrogens (tertiary/aromatic N) is 3. The predicted molar refractivity (Wildman–Crippen MR) is 81.2 cm³/mol. The molecule has 1 fully saturated rings. The van der Waals surface area contributed by atoms with Gasteiger partial charge in [-0.15, -0.1) is 0 Å². The second-order valence-electron chi connectivity index (χ2n) is 5.93. The van der Waals surface area contributed by atoms with Gasteiger partial charge in [-0.1, -0.05) is 26.2 Å². The van der Waals surface area contributed by atoms with Crippen molar-refractivity contribution in [1.82, 2.24) is 19.9 Å². The molecule has 0 saturated heterocycles. The third-order valence-corrected chi connectivity index (χ3v) is 4.50. The SMILES string of the molecule is CCC1CCCCC1NC(=O)c1cnn2ccc(C)nc12. The average Bonchev–Trinajstić information content (AvgIpc) is 2.90. The first kappa shape index (κ1) is 14.0. The van der Waals surface area contributed by atoms with Crippen molar-refractivity contribution >= 4 is 11.6 Å². The monoisotopic (exact) mass is 286 g/mol. The molecule has 0 radical (unpaired) electrons. The molecule has 1 aliphatic rings. The van der Waals surface area contributed by atoms with E-state index in [9.17, 15) is 4.79 Å². The first-order valence-electron chi connectivity index (χ1n) is 7.81. The zero-order chi connectivity index (χ0) is 14.8. The number of aryl methyl sites for hydroxylation is 1. The smallest absolute Gasteiger partial charge is 0.256 e. The maximum atomic E-state index is 12.6. The third-order valence-electron chi connectivity index (χ3n) is 4.50. The molecule has 1 amide bonds. The highest BCUT2D eigenvalue weighted by atomic mass is 16.1. The summed E-state index contributed by atoms with van der Waals surface area (Å²) in [5.74, 6) is 0.549. The van der Waals surface area contributed by atoms with E-state index in [1.807, 2.05) is 19.2 Å². The molecule has 3 rings (SSSR count). The van der Waals surface area contributed by atoms with Gasteiger partial charge in [-0.05, 0) is 31.7 Å². The standard InChI is InChI=1S/C16H22N4O/c1-3-12-6-4-5-7-14(12)19-16(21)13-10-17-20-9-8-11(2)18-15(13)20/h8-10,12,14H,3-7H2,1-2H3,(H,19,21). The number of carbonyl (C=O) groups is 1. The van der Waals surface area contributed by atoms with Crippen molar-refractivity contribution in [3.8, 4) is 0 Å². The molecule has 0 aliphatic heterocycles. The van der Waals surface area contributed by atoms with Crippen molar-refractivity contribution in [3.05, 3.63) is 29.7 Å². The molecule has 0 spiro atoms. The summed E-state index contributed by atoms with van der Waals surface area (Å²) in [5.41, 5.74) is 2.09. The van der Waals surface area contributed by atoms with E-state index < -0.39 is 0 Å². The number of fused-ring (bicyclic) bond motifs is 1. The molecule has 2 unspecified atom stereocenters. The molecular formula is C16H22N4O. The molecule has 0 aromatic carbocycles. The maximum absolute atomic E-state index is 12.6. The van der Waals surface area contributed by atoms with Crippen LogP contribution in [0.15, 0.2) is 18.5 Å². The molecule has 2 heterocycles. The molecule has 112 valence electrons. The number of aromatic nitrogens is 3. The Kier molecular flexibility index (Phi) is 3.90. The van der Waals surface area contributed by atoms with Crippen LogP contribution in [0.4, 0.5) is 0 Å². The molecule has 1 aliphatic carbocycles. The lowest BCUT2D eigenvalue weighted by atomic mass is 9.83. The van der Waals surface area contributed by atoms with Crippen molar-refractivity contribution in [2.24, 2.45) is 5.92 Å². The van der Waals surface area contributed by atoms with Crippen LogP contribution in [0.3, 0.4) is 0 Å². The Morgan fingerprint density at radius 2 is 2.24 bits per heavy atom. The van der Waals surface area contributed by atoms with Crippen LogP contribution in [-0.4, -0.2) is 26.5 Å². The average molecular weight is 286 g/mol. The van der Waals surface area contributed by atoms with E-state index in [1.54, 1.807) is 10.7 Å². The Bertz CT molecular complexity index is 649. The van der Waals surface area contributed by atoms with Crippen molar-refractivity contribution < 1.29 is 4.79 Å². The molecule has 1 saturated carbocycles. The first-order chi connectivity index (χ1) is 10.2. The van der Waals surface area contributed by atoms with Crippen LogP contribution in [0.5, 0.6) is 0 Å². The summed E-state index contributed by atoms with van der Waals surface area (Å²) in [5, 5.41) is 7.41. The van der Waals surface area contributed by atoms with Crippen LogP contribution < -0.4 is 5.32 Å². The fourth-order valence-electron chi connectivity index (χ4n) is 3.25. The van der Waals surface area contributed by atoms with Crippen LogP contribution in [-0.2, 0) is 0 Å². The largest absolute Gasteiger partial charge is 0.349 e. The van der Waals surface area contributed by atoms with Crippen molar-refractivity contribution in [2.75, 3.05) is 0 Å². The summed E-state index contributed by atoms with van der Waals surface area (Å²) in [4.78, 5) is 17.0. The zero-order valence-electron chi connectivity index (χ0n) is 12.7. The summed E-state index contributed by atoms with van der Waals surface area (Å²) in [6, 6.07) is 2.17. The second-order valence-corrected chi connectivity index (χ2v) is 5.93. The summed E-state index contributed by atoms with van der Waals surface area (Å²) in [7, 11) is 0. The normalized spacial score (nSPS) is 22.4. The fraction of sp³-hybridized carbons (Fsp3) is 0.562. The first-order valence-corrected chi connectivity index (χ1v) is 7.81. The van der Waals surface area contributed by atoms with Gasteiger partial charge in [-0.3, -0.25) is 4.79 Å². The van der Waals surface area contributed by atoms with Gasteiger partial charge in [-0.2, -0.15) is 5.10 Å². The molecule has 2 atom stereocenters. The van der Waals surface area contributed by atoms with E-state index >= 15 is 0 Å². The van der Waals surface area contributed by atoms with E-state index in [2.05, 4.69) is 22.3 Å². The van der Waals surface area contributed by atoms with E-state index in [1.165, 1.54) is 19.3 Å². The molecule has 0 bridgehead atoms. The van der Waals surface area contributed by atoms with Crippen LogP contribution >= 0.6 is 0 Å². The molecule has 5 nitrogen and oxygen atoms in total. The predicted octanol–water partition coefficient (Wildman–Crippen LogP) is 2.74. The van der Waals surface area contributed by atoms with Crippen LogP contribution in [0.2, 0.25) is 0 Å². The van der Waals surface area contributed by atoms with Gasteiger partial charge in [-0.25, -0.2) is 9.50 Å². The van der Waals surface area contributed by atoms with Gasteiger partial charge in [0.1, 0.15) is 5.56 Å². The van der Waals surface area contributed by atoms with Crippen LogP contribution in [0, 0.1) is 12.8 Å². The second kappa shape index (κ2) is 5.84. The van der Waals surface area contributed by atoms with Gasteiger partial charge >= 0.3 is 0 Å². The minimum Gasteiger partial charge on any atom is -0.349 e. The summed E-state index contributed by atoms with van der Waals surface area (Å²) >= 11 is 0. The quantitative estimate of drug-likeness (QED) is 0.943. The highest BCUT2D eigenvalue weighted by Crippen LogP contribution is 2.27.